The molecule has 1 aliphatic heterocycles. The molecule has 0 saturated carbocycles. The molecule has 1 fully saturated rings. The number of halogens is 1. The van der Waals surface area contributed by atoms with Crippen LogP contribution in [0.4, 0.5) is 10.1 Å². The Hall–Kier alpha value is -2.52. The lowest BCUT2D eigenvalue weighted by molar-refractivity contribution is 0.00672. The zero-order chi connectivity index (χ0) is 22.1. The predicted molar refractivity (Wildman–Crippen MR) is 129 cm³/mol. The van der Waals surface area contributed by atoms with Crippen LogP contribution < -0.4 is 5.73 Å². The zero-order valence-corrected chi connectivity index (χ0v) is 19.1. The molecular formula is C24H22FN3O2S2. The number of nitrogens with zero attached hydrogens (tertiary/aromatic N) is 2. The third-order valence-electron chi connectivity index (χ3n) is 5.48. The second kappa shape index (κ2) is 9.15. The van der Waals surface area contributed by atoms with E-state index < -0.39 is 0 Å². The van der Waals surface area contributed by atoms with E-state index >= 15 is 0 Å². The van der Waals surface area contributed by atoms with Gasteiger partial charge in [-0.05, 0) is 41.5 Å². The minimum atomic E-state index is -0.270. The first-order valence-electron chi connectivity index (χ1n) is 10.3. The summed E-state index contributed by atoms with van der Waals surface area (Å²) in [6.07, 6.45) is 1.86. The highest BCUT2D eigenvalue weighted by atomic mass is 32.2. The van der Waals surface area contributed by atoms with Gasteiger partial charge in [0.1, 0.15) is 10.6 Å². The Bertz CT molecular complexity index is 1240. The first kappa shape index (κ1) is 21.3. The lowest BCUT2D eigenvalue weighted by atomic mass is 9.99. The van der Waals surface area contributed by atoms with E-state index in [1.54, 1.807) is 42.3 Å². The second-order valence-electron chi connectivity index (χ2n) is 7.59. The van der Waals surface area contributed by atoms with Gasteiger partial charge < -0.3 is 15.2 Å². The molecule has 0 spiro atoms. The molecule has 0 radical (unpaired) electrons. The number of hydrogen-bond acceptors (Lipinski definition) is 7. The maximum absolute atomic E-state index is 13.6. The largest absolute Gasteiger partial charge is 0.397 e. The van der Waals surface area contributed by atoms with Crippen molar-refractivity contribution in [1.29, 1.82) is 0 Å². The molecule has 1 saturated heterocycles. The molecule has 164 valence electrons. The quantitative estimate of drug-likeness (QED) is 0.282. The van der Waals surface area contributed by atoms with E-state index in [-0.39, 0.29) is 5.82 Å². The van der Waals surface area contributed by atoms with E-state index in [1.165, 1.54) is 12.1 Å². The molecule has 5 rings (SSSR count). The van der Waals surface area contributed by atoms with Crippen molar-refractivity contribution < 1.29 is 13.9 Å². The Balaban J connectivity index is 1.61. The average molecular weight is 468 g/mol. The van der Waals surface area contributed by atoms with Crippen LogP contribution in [-0.4, -0.2) is 42.7 Å². The normalized spacial score (nSPS) is 14.1. The van der Waals surface area contributed by atoms with E-state index in [2.05, 4.69) is 11.1 Å². The van der Waals surface area contributed by atoms with Gasteiger partial charge in [-0.15, -0.1) is 23.1 Å². The number of nitrogen functional groups attached to an aromatic ring is 1. The topological polar surface area (TPSA) is 70.3 Å². The monoisotopic (exact) mass is 467 g/mol. The summed E-state index contributed by atoms with van der Waals surface area (Å²) in [4.78, 5) is 10.4. The molecule has 2 N–H and O–H groups in total. The molecule has 0 atom stereocenters. The highest BCUT2D eigenvalue weighted by Gasteiger charge is 2.22. The first-order valence-corrected chi connectivity index (χ1v) is 12.1. The van der Waals surface area contributed by atoms with E-state index in [9.17, 15) is 4.39 Å². The number of pyridine rings is 2. The molecule has 32 heavy (non-hydrogen) atoms. The average Bonchev–Trinajstić information content (AvgIpc) is 3.09. The molecule has 5 nitrogen and oxygen atoms in total. The standard InChI is InChI=1S/C24H22FN3O2S2/c1-29-8-9-31-24-22(26)21-18(14-2-5-17(25)6-3-14)10-20(28-23(21)32-24)15-4-7-19(27-11-15)16-12-30-13-16/h2-7,10-11,16H,8-9,12-13,26H2,1H3. The van der Waals surface area contributed by atoms with Gasteiger partial charge in [-0.3, -0.25) is 4.98 Å². The molecule has 1 aromatic carbocycles. The molecule has 0 bridgehead atoms. The van der Waals surface area contributed by atoms with Crippen molar-refractivity contribution >= 4 is 39.0 Å². The maximum atomic E-state index is 13.6. The lowest BCUT2D eigenvalue weighted by Gasteiger charge is -2.25. The number of ether oxygens (including phenoxy) is 2. The van der Waals surface area contributed by atoms with Crippen LogP contribution in [0.3, 0.4) is 0 Å². The Morgan fingerprint density at radius 2 is 1.97 bits per heavy atom. The number of thioether (sulfide) groups is 1. The predicted octanol–water partition coefficient (Wildman–Crippen LogP) is 5.60. The van der Waals surface area contributed by atoms with Crippen molar-refractivity contribution in [3.63, 3.8) is 0 Å². The number of nitrogens with two attached hydrogens (primary N) is 1. The van der Waals surface area contributed by atoms with E-state index in [4.69, 9.17) is 20.2 Å². The maximum Gasteiger partial charge on any atom is 0.127 e. The summed E-state index contributed by atoms with van der Waals surface area (Å²) in [5, 5.41) is 0.904. The van der Waals surface area contributed by atoms with Gasteiger partial charge in [-0.1, -0.05) is 12.1 Å². The van der Waals surface area contributed by atoms with Crippen LogP contribution in [-0.2, 0) is 9.47 Å². The van der Waals surface area contributed by atoms with Crippen LogP contribution >= 0.6 is 23.1 Å². The summed E-state index contributed by atoms with van der Waals surface area (Å²) in [7, 11) is 1.69. The van der Waals surface area contributed by atoms with Crippen LogP contribution in [0.1, 0.15) is 11.6 Å². The fourth-order valence-electron chi connectivity index (χ4n) is 3.64. The SMILES string of the molecule is COCCSc1sc2nc(-c3ccc(C4COC4)nc3)cc(-c3ccc(F)cc3)c2c1N. The molecule has 8 heteroatoms. The van der Waals surface area contributed by atoms with Gasteiger partial charge in [0, 0.05) is 41.6 Å². The van der Waals surface area contributed by atoms with Crippen molar-refractivity contribution in [2.75, 3.05) is 38.4 Å². The molecule has 4 heterocycles. The summed E-state index contributed by atoms with van der Waals surface area (Å²) < 4.78 is 25.1. The molecule has 0 unspecified atom stereocenters. The van der Waals surface area contributed by atoms with Crippen LogP contribution in [0, 0.1) is 5.82 Å². The van der Waals surface area contributed by atoms with Crippen LogP contribution in [0.15, 0.2) is 52.9 Å². The van der Waals surface area contributed by atoms with Gasteiger partial charge in [0.15, 0.2) is 0 Å². The lowest BCUT2D eigenvalue weighted by Crippen LogP contribution is -2.25. The number of aromatic nitrogens is 2. The van der Waals surface area contributed by atoms with Crippen LogP contribution in [0.25, 0.3) is 32.6 Å². The number of benzene rings is 1. The molecule has 3 aromatic heterocycles. The zero-order valence-electron chi connectivity index (χ0n) is 17.5. The summed E-state index contributed by atoms with van der Waals surface area (Å²) in [6.45, 7) is 2.10. The van der Waals surface area contributed by atoms with Crippen molar-refractivity contribution in [3.05, 3.63) is 60.2 Å². The number of fused-ring (bicyclic) bond motifs is 1. The number of hydrogen-bond donors (Lipinski definition) is 1. The van der Waals surface area contributed by atoms with Crippen molar-refractivity contribution in [2.24, 2.45) is 0 Å². The minimum absolute atomic E-state index is 0.270. The van der Waals surface area contributed by atoms with Gasteiger partial charge >= 0.3 is 0 Å². The van der Waals surface area contributed by atoms with E-state index in [1.807, 2.05) is 18.3 Å². The van der Waals surface area contributed by atoms with Gasteiger partial charge in [-0.2, -0.15) is 0 Å². The highest BCUT2D eigenvalue weighted by molar-refractivity contribution is 8.01. The first-order chi connectivity index (χ1) is 15.6. The van der Waals surface area contributed by atoms with Gasteiger partial charge in [-0.25, -0.2) is 9.37 Å². The van der Waals surface area contributed by atoms with E-state index in [0.29, 0.717) is 18.2 Å². The minimum Gasteiger partial charge on any atom is -0.397 e. The summed E-state index contributed by atoms with van der Waals surface area (Å²) in [5.41, 5.74) is 11.9. The van der Waals surface area contributed by atoms with Gasteiger partial charge in [0.05, 0.1) is 35.4 Å². The van der Waals surface area contributed by atoms with Crippen molar-refractivity contribution in [2.45, 2.75) is 10.1 Å². The molecule has 4 aromatic rings. The van der Waals surface area contributed by atoms with Gasteiger partial charge in [0.25, 0.3) is 0 Å². The van der Waals surface area contributed by atoms with Gasteiger partial charge in [0.2, 0.25) is 0 Å². The van der Waals surface area contributed by atoms with Crippen LogP contribution in [0.5, 0.6) is 0 Å². The third kappa shape index (κ3) is 4.11. The summed E-state index contributed by atoms with van der Waals surface area (Å²) in [5.74, 6) is 0.911. The fraction of sp³-hybridized carbons (Fsp3) is 0.250. The fourth-order valence-corrected chi connectivity index (χ4v) is 5.90. The summed E-state index contributed by atoms with van der Waals surface area (Å²) in [6, 6.07) is 12.6. The number of methoxy groups -OCH3 is 1. The second-order valence-corrected chi connectivity index (χ2v) is 9.96. The molecule has 0 amide bonds. The third-order valence-corrected chi connectivity index (χ3v) is 7.83. The number of rotatable bonds is 7. The smallest absolute Gasteiger partial charge is 0.127 e. The molecule has 0 aliphatic carbocycles. The Morgan fingerprint density at radius 3 is 2.62 bits per heavy atom. The van der Waals surface area contributed by atoms with E-state index in [0.717, 1.165) is 61.5 Å². The summed E-state index contributed by atoms with van der Waals surface area (Å²) >= 11 is 3.24. The number of anilines is 1. The van der Waals surface area contributed by atoms with Crippen molar-refractivity contribution in [1.82, 2.24) is 9.97 Å². The molecular weight excluding hydrogens is 445 g/mol. The van der Waals surface area contributed by atoms with Crippen molar-refractivity contribution in [3.8, 4) is 22.4 Å². The Kier molecular flexibility index (Phi) is 6.10. The number of thiophene rings is 1. The van der Waals surface area contributed by atoms with Crippen LogP contribution in [0.2, 0.25) is 0 Å². The molecule has 1 aliphatic rings. The Labute approximate surface area is 193 Å². The highest BCUT2D eigenvalue weighted by Crippen LogP contribution is 2.45. The Morgan fingerprint density at radius 1 is 1.19 bits per heavy atom.